The predicted molar refractivity (Wildman–Crippen MR) is 103 cm³/mol. The van der Waals surface area contributed by atoms with Crippen LogP contribution >= 0.6 is 19.4 Å². The monoisotopic (exact) mass is 496 g/mol. The van der Waals surface area contributed by atoms with Crippen LogP contribution in [-0.2, 0) is 25.0 Å². The van der Waals surface area contributed by atoms with Crippen molar-refractivity contribution in [3.63, 3.8) is 0 Å². The van der Waals surface area contributed by atoms with Gasteiger partial charge in [-0.05, 0) is 6.07 Å². The molecule has 0 aliphatic carbocycles. The zero-order chi connectivity index (χ0) is 23.3. The van der Waals surface area contributed by atoms with Crippen LogP contribution in [-0.4, -0.2) is 50.6 Å². The summed E-state index contributed by atoms with van der Waals surface area (Å²) in [4.78, 5) is 25.3. The lowest BCUT2D eigenvalue weighted by Crippen LogP contribution is -2.52. The zero-order valence-corrected chi connectivity index (χ0v) is 17.5. The molecule has 2 aliphatic rings. The van der Waals surface area contributed by atoms with Crippen molar-refractivity contribution in [2.24, 2.45) is 0 Å². The molecule has 0 radical (unpaired) electrons. The van der Waals surface area contributed by atoms with E-state index in [0.29, 0.717) is 10.1 Å². The van der Waals surface area contributed by atoms with Crippen LogP contribution in [0.4, 0.5) is 8.78 Å². The van der Waals surface area contributed by atoms with Gasteiger partial charge in [-0.3, -0.25) is 23.4 Å². The number of H-pyrrole nitrogens is 1. The molecule has 32 heavy (non-hydrogen) atoms. The number of hydrogen-bond acceptors (Lipinski definition) is 9. The van der Waals surface area contributed by atoms with E-state index in [1.54, 1.807) is 18.2 Å². The Labute approximate surface area is 182 Å². The molecule has 15 heteroatoms. The third-order valence-electron chi connectivity index (χ3n) is 5.03. The van der Waals surface area contributed by atoms with Gasteiger partial charge in [0.15, 0.2) is 11.8 Å². The molecule has 174 valence electrons. The molecule has 0 saturated carbocycles. The fourth-order valence-corrected chi connectivity index (χ4v) is 4.70. The van der Waals surface area contributed by atoms with Crippen molar-refractivity contribution in [2.75, 3.05) is 6.61 Å². The summed E-state index contributed by atoms with van der Waals surface area (Å²) in [6, 6.07) is 6.39. The van der Waals surface area contributed by atoms with Crippen molar-refractivity contribution in [3.05, 3.63) is 61.9 Å². The van der Waals surface area contributed by atoms with Crippen molar-refractivity contribution in [3.8, 4) is 5.75 Å². The molecule has 0 amide bonds. The van der Waals surface area contributed by atoms with Gasteiger partial charge < -0.3 is 19.5 Å². The quantitative estimate of drug-likeness (QED) is 0.518. The minimum atomic E-state index is -4.39. The summed E-state index contributed by atoms with van der Waals surface area (Å²) in [6.45, 7) is -1.42. The SMILES string of the molecule is O=c1[nH]c(=O)n([C@@H]2O[C@@](COP3(=O)OCc4ccccc4O3)(C(F)F)[C@@H](O)[C@@H]2O)cc1Cl. The van der Waals surface area contributed by atoms with Gasteiger partial charge in [-0.15, -0.1) is 0 Å². The number of phosphoric acid groups is 1. The maximum atomic E-state index is 14.1. The summed E-state index contributed by atoms with van der Waals surface area (Å²) in [5, 5.41) is 20.2. The first-order valence-corrected chi connectivity index (χ1v) is 10.9. The lowest BCUT2D eigenvalue weighted by molar-refractivity contribution is -0.194. The van der Waals surface area contributed by atoms with E-state index in [9.17, 15) is 33.1 Å². The van der Waals surface area contributed by atoms with E-state index in [1.807, 2.05) is 4.98 Å². The average molecular weight is 497 g/mol. The Morgan fingerprint density at radius 2 is 2.06 bits per heavy atom. The van der Waals surface area contributed by atoms with Crippen LogP contribution in [0.1, 0.15) is 11.8 Å². The zero-order valence-electron chi connectivity index (χ0n) is 15.9. The molecule has 3 N–H and O–H groups in total. The van der Waals surface area contributed by atoms with Crippen LogP contribution in [0.25, 0.3) is 0 Å². The number of alkyl halides is 2. The molecule has 1 unspecified atom stereocenters. The third kappa shape index (κ3) is 3.90. The van der Waals surface area contributed by atoms with Gasteiger partial charge in [0.1, 0.15) is 23.0 Å². The van der Waals surface area contributed by atoms with Crippen LogP contribution in [0, 0.1) is 0 Å². The van der Waals surface area contributed by atoms with Gasteiger partial charge in [0.05, 0.1) is 13.2 Å². The molecule has 0 bridgehead atoms. The predicted octanol–water partition coefficient (Wildman–Crippen LogP) is 1.18. The molecular formula is C17H16ClF2N2O9P. The average Bonchev–Trinajstić information content (AvgIpc) is 3.01. The number of phosphoric ester groups is 1. The molecule has 2 aromatic rings. The number of aromatic nitrogens is 2. The fourth-order valence-electron chi connectivity index (χ4n) is 3.29. The number of nitrogens with one attached hydrogen (secondary N) is 1. The number of aliphatic hydroxyl groups is 2. The van der Waals surface area contributed by atoms with Crippen molar-refractivity contribution in [1.29, 1.82) is 0 Å². The van der Waals surface area contributed by atoms with Crippen LogP contribution < -0.4 is 15.8 Å². The first kappa shape index (κ1) is 23.1. The second kappa shape index (κ2) is 8.34. The maximum Gasteiger partial charge on any atom is 0.530 e. The number of fused-ring (bicyclic) bond motifs is 1. The van der Waals surface area contributed by atoms with Gasteiger partial charge in [-0.25, -0.2) is 18.1 Å². The van der Waals surface area contributed by atoms with Crippen LogP contribution in [0.15, 0.2) is 40.1 Å². The van der Waals surface area contributed by atoms with Crippen LogP contribution in [0.3, 0.4) is 0 Å². The van der Waals surface area contributed by atoms with E-state index in [2.05, 4.69) is 0 Å². The number of halogens is 3. The number of para-hydroxylation sites is 1. The smallest absolute Gasteiger partial charge is 0.404 e. The highest BCUT2D eigenvalue weighted by Crippen LogP contribution is 2.56. The van der Waals surface area contributed by atoms with Crippen LogP contribution in [0.5, 0.6) is 5.75 Å². The summed E-state index contributed by atoms with van der Waals surface area (Å²) in [5.41, 5.74) is -4.46. The van der Waals surface area contributed by atoms with Gasteiger partial charge in [0, 0.05) is 11.8 Å². The van der Waals surface area contributed by atoms with E-state index in [-0.39, 0.29) is 12.4 Å². The van der Waals surface area contributed by atoms with Gasteiger partial charge >= 0.3 is 13.5 Å². The van der Waals surface area contributed by atoms with E-state index in [1.165, 1.54) is 6.07 Å². The molecule has 1 fully saturated rings. The van der Waals surface area contributed by atoms with E-state index >= 15 is 0 Å². The lowest BCUT2D eigenvalue weighted by atomic mass is 9.96. The number of aromatic amines is 1. The number of nitrogens with zero attached hydrogens (tertiary/aromatic N) is 1. The summed E-state index contributed by atoms with van der Waals surface area (Å²) < 4.78 is 61.8. The summed E-state index contributed by atoms with van der Waals surface area (Å²) in [6.07, 6.45) is -8.96. The molecular weight excluding hydrogens is 481 g/mol. The number of ether oxygens (including phenoxy) is 1. The summed E-state index contributed by atoms with van der Waals surface area (Å²) >= 11 is 5.66. The molecule has 1 saturated heterocycles. The van der Waals surface area contributed by atoms with Crippen LogP contribution in [0.2, 0.25) is 5.02 Å². The summed E-state index contributed by atoms with van der Waals surface area (Å²) in [7, 11) is -4.39. The second-order valence-electron chi connectivity index (χ2n) is 7.04. The topological polar surface area (TPSA) is 149 Å². The van der Waals surface area contributed by atoms with Gasteiger partial charge in [0.2, 0.25) is 0 Å². The Bertz CT molecular complexity index is 1190. The molecule has 1 aromatic carbocycles. The van der Waals surface area contributed by atoms with Crippen molar-refractivity contribution >= 4 is 19.4 Å². The largest absolute Gasteiger partial charge is 0.530 e. The number of benzene rings is 1. The molecule has 11 nitrogen and oxygen atoms in total. The Morgan fingerprint density at radius 3 is 2.78 bits per heavy atom. The second-order valence-corrected chi connectivity index (χ2v) is 9.04. The first-order chi connectivity index (χ1) is 15.1. The van der Waals surface area contributed by atoms with Gasteiger partial charge in [0.25, 0.3) is 12.0 Å². The third-order valence-corrected chi connectivity index (χ3v) is 6.61. The normalized spacial score (nSPS) is 32.0. The van der Waals surface area contributed by atoms with Gasteiger partial charge in [-0.1, -0.05) is 29.8 Å². The molecule has 1 aromatic heterocycles. The standard InChI is InChI=1S/C17H16ClF2N2O9P/c18-9-5-22(16(26)21-13(9)25)14-11(23)12(24)17(30-14,15(19)20)7-29-32(27)28-6-8-3-1-2-4-10(8)31-32/h1-5,11-12,14-15,23-24H,6-7H2,(H,21,25,26)/t11-,12-,14+,17+,32?/m0/s1. The van der Waals surface area contributed by atoms with E-state index < -0.39 is 61.2 Å². The molecule has 2 aliphatic heterocycles. The van der Waals surface area contributed by atoms with E-state index in [0.717, 1.165) is 6.20 Å². The Hall–Kier alpha value is -2.12. The van der Waals surface area contributed by atoms with E-state index in [4.69, 9.17) is 29.9 Å². The molecule has 5 atom stereocenters. The van der Waals surface area contributed by atoms with Crippen molar-refractivity contribution in [2.45, 2.75) is 37.1 Å². The first-order valence-electron chi connectivity index (χ1n) is 9.06. The molecule has 3 heterocycles. The minimum Gasteiger partial charge on any atom is -0.404 e. The minimum absolute atomic E-state index is 0.161. The highest BCUT2D eigenvalue weighted by molar-refractivity contribution is 7.49. The number of hydrogen-bond donors (Lipinski definition) is 3. The van der Waals surface area contributed by atoms with Crippen molar-refractivity contribution < 1.29 is 41.9 Å². The van der Waals surface area contributed by atoms with Crippen molar-refractivity contribution in [1.82, 2.24) is 9.55 Å². The van der Waals surface area contributed by atoms with Gasteiger partial charge in [-0.2, -0.15) is 0 Å². The number of aliphatic hydroxyl groups excluding tert-OH is 2. The highest BCUT2D eigenvalue weighted by atomic mass is 35.5. The number of rotatable bonds is 5. The molecule has 4 rings (SSSR count). The lowest BCUT2D eigenvalue weighted by Gasteiger charge is -2.32. The molecule has 0 spiro atoms. The Balaban J connectivity index is 1.60. The Kier molecular flexibility index (Phi) is 6.01. The summed E-state index contributed by atoms with van der Waals surface area (Å²) in [5.74, 6) is 0.161. The maximum absolute atomic E-state index is 14.1. The Morgan fingerprint density at radius 1 is 1.34 bits per heavy atom. The fraction of sp³-hybridized carbons (Fsp3) is 0.412. The highest BCUT2D eigenvalue weighted by Gasteiger charge is 2.62.